The zero-order valence-corrected chi connectivity index (χ0v) is 15.3. The quantitative estimate of drug-likeness (QED) is 0.833. The minimum absolute atomic E-state index is 0.0917. The van der Waals surface area contributed by atoms with Gasteiger partial charge in [-0.25, -0.2) is 4.63 Å². The molecule has 4 rings (SSSR count). The summed E-state index contributed by atoms with van der Waals surface area (Å²) in [6.45, 7) is 4.25. The van der Waals surface area contributed by atoms with Gasteiger partial charge in [-0.2, -0.15) is 0 Å². The van der Waals surface area contributed by atoms with E-state index in [1.807, 2.05) is 30.1 Å². The molecular weight excluding hydrogens is 332 g/mol. The molecule has 2 aliphatic heterocycles. The van der Waals surface area contributed by atoms with E-state index in [-0.39, 0.29) is 11.8 Å². The lowest BCUT2D eigenvalue weighted by atomic mass is 9.93. The Bertz CT molecular complexity index is 756. The Morgan fingerprint density at radius 3 is 2.88 bits per heavy atom. The molecule has 0 bridgehead atoms. The van der Waals surface area contributed by atoms with Gasteiger partial charge in [-0.15, -0.1) is 0 Å². The Labute approximate surface area is 153 Å². The molecule has 7 nitrogen and oxygen atoms in total. The number of carbonyl (C=O) groups is 1. The molecule has 1 amide bonds. The number of ether oxygens (including phenoxy) is 1. The fraction of sp³-hybridized carbons (Fsp3) is 0.632. The number of nitrogens with zero attached hydrogens (tertiary/aromatic N) is 4. The molecule has 0 saturated carbocycles. The third-order valence-corrected chi connectivity index (χ3v) is 5.62. The first-order valence-electron chi connectivity index (χ1n) is 9.48. The zero-order chi connectivity index (χ0) is 17.9. The van der Waals surface area contributed by atoms with E-state index in [0.717, 1.165) is 68.6 Å². The van der Waals surface area contributed by atoms with Crippen molar-refractivity contribution < 1.29 is 14.2 Å². The van der Waals surface area contributed by atoms with Crippen molar-refractivity contribution in [2.24, 2.45) is 5.92 Å². The lowest BCUT2D eigenvalue weighted by Crippen LogP contribution is -2.48. The van der Waals surface area contributed by atoms with Crippen molar-refractivity contribution in [3.63, 3.8) is 0 Å². The van der Waals surface area contributed by atoms with E-state index in [0.29, 0.717) is 12.6 Å². The van der Waals surface area contributed by atoms with Crippen LogP contribution in [0.1, 0.15) is 31.2 Å². The largest absolute Gasteiger partial charge is 0.381 e. The van der Waals surface area contributed by atoms with Crippen LogP contribution in [0.5, 0.6) is 0 Å². The van der Waals surface area contributed by atoms with Gasteiger partial charge < -0.3 is 9.64 Å². The van der Waals surface area contributed by atoms with Crippen molar-refractivity contribution in [3.8, 4) is 0 Å². The van der Waals surface area contributed by atoms with Gasteiger partial charge in [0.25, 0.3) is 0 Å². The summed E-state index contributed by atoms with van der Waals surface area (Å²) in [5.74, 6) is 0.328. The molecule has 3 heterocycles. The van der Waals surface area contributed by atoms with Gasteiger partial charge in [-0.05, 0) is 60.2 Å². The molecule has 26 heavy (non-hydrogen) atoms. The molecular formula is C19H26N4O3. The molecule has 1 unspecified atom stereocenters. The van der Waals surface area contributed by atoms with Crippen molar-refractivity contribution in [1.29, 1.82) is 0 Å². The van der Waals surface area contributed by atoms with Gasteiger partial charge >= 0.3 is 0 Å². The Morgan fingerprint density at radius 1 is 1.23 bits per heavy atom. The first-order chi connectivity index (χ1) is 12.7. The molecule has 0 radical (unpaired) electrons. The molecule has 2 saturated heterocycles. The van der Waals surface area contributed by atoms with Gasteiger partial charge in [0.15, 0.2) is 0 Å². The minimum atomic E-state index is 0.0917. The number of fused-ring (bicyclic) bond motifs is 1. The van der Waals surface area contributed by atoms with Crippen LogP contribution in [0.25, 0.3) is 11.0 Å². The number of aromatic nitrogens is 2. The number of likely N-dealkylation sites (tertiary alicyclic amines) is 1. The molecule has 1 aromatic heterocycles. The number of piperidine rings is 1. The van der Waals surface area contributed by atoms with Gasteiger partial charge in [0, 0.05) is 39.4 Å². The van der Waals surface area contributed by atoms with Crippen LogP contribution in [0.3, 0.4) is 0 Å². The predicted molar refractivity (Wildman–Crippen MR) is 96.4 cm³/mol. The second-order valence-corrected chi connectivity index (χ2v) is 7.46. The summed E-state index contributed by atoms with van der Waals surface area (Å²) >= 11 is 0. The highest BCUT2D eigenvalue weighted by Crippen LogP contribution is 2.25. The van der Waals surface area contributed by atoms with Crippen molar-refractivity contribution in [2.45, 2.75) is 38.3 Å². The number of carbonyl (C=O) groups excluding carboxylic acids is 1. The Kier molecular flexibility index (Phi) is 5.17. The lowest BCUT2D eigenvalue weighted by molar-refractivity contribution is -0.137. The Hall–Kier alpha value is -1.99. The van der Waals surface area contributed by atoms with E-state index in [1.54, 1.807) is 0 Å². The van der Waals surface area contributed by atoms with Crippen LogP contribution < -0.4 is 0 Å². The topological polar surface area (TPSA) is 71.7 Å². The average Bonchev–Trinajstić information content (AvgIpc) is 3.16. The zero-order valence-electron chi connectivity index (χ0n) is 15.3. The van der Waals surface area contributed by atoms with Crippen LogP contribution in [-0.4, -0.2) is 65.4 Å². The van der Waals surface area contributed by atoms with Crippen LogP contribution in [0.15, 0.2) is 22.8 Å². The second-order valence-electron chi connectivity index (χ2n) is 7.46. The van der Waals surface area contributed by atoms with Crippen LogP contribution in [0, 0.1) is 5.92 Å². The van der Waals surface area contributed by atoms with Gasteiger partial charge in [-0.1, -0.05) is 6.07 Å². The summed E-state index contributed by atoms with van der Waals surface area (Å²) in [5.41, 5.74) is 2.51. The number of hydrogen-bond donors (Lipinski definition) is 0. The maximum absolute atomic E-state index is 13.0. The molecule has 2 aromatic rings. The molecule has 0 N–H and O–H groups in total. The van der Waals surface area contributed by atoms with E-state index >= 15 is 0 Å². The molecule has 7 heteroatoms. The fourth-order valence-electron chi connectivity index (χ4n) is 4.18. The van der Waals surface area contributed by atoms with E-state index in [4.69, 9.17) is 9.37 Å². The molecule has 2 aliphatic rings. The highest BCUT2D eigenvalue weighted by atomic mass is 16.6. The van der Waals surface area contributed by atoms with Crippen LogP contribution in [0.4, 0.5) is 0 Å². The van der Waals surface area contributed by atoms with Crippen molar-refractivity contribution >= 4 is 16.9 Å². The highest BCUT2D eigenvalue weighted by Gasteiger charge is 2.31. The molecule has 1 aromatic carbocycles. The first kappa shape index (κ1) is 17.4. The summed E-state index contributed by atoms with van der Waals surface area (Å²) in [6, 6.07) is 6.37. The molecule has 0 aliphatic carbocycles. The minimum Gasteiger partial charge on any atom is -0.381 e. The van der Waals surface area contributed by atoms with E-state index < -0.39 is 0 Å². The summed E-state index contributed by atoms with van der Waals surface area (Å²) in [5, 5.41) is 7.70. The molecule has 140 valence electrons. The van der Waals surface area contributed by atoms with Crippen LogP contribution in [0.2, 0.25) is 0 Å². The van der Waals surface area contributed by atoms with Crippen LogP contribution >= 0.6 is 0 Å². The summed E-state index contributed by atoms with van der Waals surface area (Å²) in [7, 11) is 1.89. The van der Waals surface area contributed by atoms with Crippen molar-refractivity contribution in [2.75, 3.05) is 33.4 Å². The number of amides is 1. The Balaban J connectivity index is 1.37. The third-order valence-electron chi connectivity index (χ3n) is 5.62. The number of hydrogen-bond acceptors (Lipinski definition) is 6. The van der Waals surface area contributed by atoms with Crippen molar-refractivity contribution in [3.05, 3.63) is 23.8 Å². The van der Waals surface area contributed by atoms with E-state index in [1.165, 1.54) is 0 Å². The standard InChI is InChI=1S/C19H26N4O3/c1-22(12-14-4-5-17-18(11-14)21-26-20-17)19(24)15-3-2-8-23(13-15)16-6-9-25-10-7-16/h4-5,11,15-16H,2-3,6-10,12-13H2,1H3. The predicted octanol–water partition coefficient (Wildman–Crippen LogP) is 2.07. The lowest BCUT2D eigenvalue weighted by Gasteiger charge is -2.40. The van der Waals surface area contributed by atoms with Crippen LogP contribution in [-0.2, 0) is 16.1 Å². The molecule has 2 fully saturated rings. The average molecular weight is 358 g/mol. The van der Waals surface area contributed by atoms with Crippen molar-refractivity contribution in [1.82, 2.24) is 20.1 Å². The normalized spacial score (nSPS) is 22.6. The number of rotatable bonds is 4. The second kappa shape index (κ2) is 7.72. The monoisotopic (exact) mass is 358 g/mol. The maximum atomic E-state index is 13.0. The smallest absolute Gasteiger partial charge is 0.227 e. The summed E-state index contributed by atoms with van der Waals surface area (Å²) in [4.78, 5) is 17.3. The van der Waals surface area contributed by atoms with E-state index in [2.05, 4.69) is 15.2 Å². The van der Waals surface area contributed by atoms with Gasteiger partial charge in [0.05, 0.1) is 5.92 Å². The summed E-state index contributed by atoms with van der Waals surface area (Å²) < 4.78 is 10.2. The SMILES string of the molecule is CN(Cc1ccc2nonc2c1)C(=O)C1CCCN(C2CCOCC2)C1. The first-order valence-corrected chi connectivity index (χ1v) is 9.48. The third kappa shape index (κ3) is 3.73. The molecule has 1 atom stereocenters. The van der Waals surface area contributed by atoms with E-state index in [9.17, 15) is 4.79 Å². The Morgan fingerprint density at radius 2 is 2.04 bits per heavy atom. The fourth-order valence-corrected chi connectivity index (χ4v) is 4.18. The summed E-state index contributed by atoms with van der Waals surface area (Å²) in [6.07, 6.45) is 4.25. The molecule has 0 spiro atoms. The van der Waals surface area contributed by atoms with Gasteiger partial charge in [0.2, 0.25) is 5.91 Å². The van der Waals surface area contributed by atoms with Gasteiger partial charge in [0.1, 0.15) is 11.0 Å². The maximum Gasteiger partial charge on any atom is 0.227 e. The highest BCUT2D eigenvalue weighted by molar-refractivity contribution is 5.79. The van der Waals surface area contributed by atoms with Gasteiger partial charge in [-0.3, -0.25) is 9.69 Å². The number of benzene rings is 1.